The Morgan fingerprint density at radius 3 is 1.89 bits per heavy atom. The average Bonchev–Trinajstić information content (AvgIpc) is 2.59. The van der Waals surface area contributed by atoms with E-state index >= 15 is 0 Å². The van der Waals surface area contributed by atoms with Gasteiger partial charge >= 0.3 is 29.9 Å². The van der Waals surface area contributed by atoms with Crippen LogP contribution in [0, 0.1) is 0 Å². The highest BCUT2D eigenvalue weighted by molar-refractivity contribution is 5.89. The number of rotatable bonds is 7. The molecule has 1 aromatic rings. The van der Waals surface area contributed by atoms with E-state index in [-0.39, 0.29) is 11.1 Å². The number of methoxy groups -OCH3 is 2. The summed E-state index contributed by atoms with van der Waals surface area (Å²) < 4.78 is 127. The van der Waals surface area contributed by atoms with Gasteiger partial charge in [0, 0.05) is 7.11 Å². The lowest BCUT2D eigenvalue weighted by Gasteiger charge is -2.38. The van der Waals surface area contributed by atoms with Gasteiger partial charge in [-0.1, -0.05) is 12.1 Å². The zero-order chi connectivity index (χ0) is 22.2. The first kappa shape index (κ1) is 24.1. The van der Waals surface area contributed by atoms with E-state index in [4.69, 9.17) is 4.74 Å². The molecule has 1 atom stereocenters. The molecule has 1 aromatic carbocycles. The smallest absolute Gasteiger partial charge is 0.460 e. The van der Waals surface area contributed by atoms with Crippen molar-refractivity contribution >= 4 is 5.97 Å². The van der Waals surface area contributed by atoms with Crippen LogP contribution in [0.3, 0.4) is 0 Å². The lowest BCUT2D eigenvalue weighted by Crippen LogP contribution is -2.62. The summed E-state index contributed by atoms with van der Waals surface area (Å²) in [5.74, 6) is -20.5. The molecule has 1 rings (SSSR count). The number of ether oxygens (including phenoxy) is 2. The van der Waals surface area contributed by atoms with Crippen LogP contribution in [0.2, 0.25) is 0 Å². The SMILES string of the molecule is COC(=O)c1cccc(C(C)(CC(F)(F)C(F)(F)C(F)(F)C(F)(F)F)OC)c1. The van der Waals surface area contributed by atoms with Crippen LogP contribution in [0.25, 0.3) is 0 Å². The Bertz CT molecular complexity index is 716. The molecule has 0 fully saturated rings. The highest BCUT2D eigenvalue weighted by atomic mass is 19.4. The molecular formula is C16H15F9O3. The van der Waals surface area contributed by atoms with Crippen molar-refractivity contribution in [3.63, 3.8) is 0 Å². The summed E-state index contributed by atoms with van der Waals surface area (Å²) in [6, 6.07) is 4.27. The first-order valence-electron chi connectivity index (χ1n) is 7.41. The maximum atomic E-state index is 14.0. The minimum absolute atomic E-state index is 0.209. The fourth-order valence-electron chi connectivity index (χ4n) is 2.33. The van der Waals surface area contributed by atoms with Crippen molar-refractivity contribution < 1.29 is 53.8 Å². The second-order valence-corrected chi connectivity index (χ2v) is 6.04. The van der Waals surface area contributed by atoms with Gasteiger partial charge in [-0.2, -0.15) is 39.5 Å². The number of hydrogen-bond donors (Lipinski definition) is 0. The van der Waals surface area contributed by atoms with E-state index < -0.39 is 41.9 Å². The molecule has 0 saturated heterocycles. The average molecular weight is 426 g/mol. The van der Waals surface area contributed by atoms with E-state index in [0.29, 0.717) is 0 Å². The largest absolute Gasteiger partial charge is 0.465 e. The second-order valence-electron chi connectivity index (χ2n) is 6.04. The van der Waals surface area contributed by atoms with Crippen molar-refractivity contribution in [1.82, 2.24) is 0 Å². The molecule has 0 saturated carbocycles. The highest BCUT2D eigenvalue weighted by Crippen LogP contribution is 2.56. The predicted molar refractivity (Wildman–Crippen MR) is 77.7 cm³/mol. The minimum Gasteiger partial charge on any atom is -0.465 e. The molecular weight excluding hydrogens is 411 g/mol. The van der Waals surface area contributed by atoms with E-state index in [0.717, 1.165) is 39.3 Å². The molecule has 0 aromatic heterocycles. The van der Waals surface area contributed by atoms with Crippen molar-refractivity contribution in [1.29, 1.82) is 0 Å². The third-order valence-electron chi connectivity index (χ3n) is 4.11. The van der Waals surface area contributed by atoms with Gasteiger partial charge in [0.05, 0.1) is 24.7 Å². The zero-order valence-electron chi connectivity index (χ0n) is 14.6. The van der Waals surface area contributed by atoms with Crippen LogP contribution in [-0.4, -0.2) is 44.1 Å². The van der Waals surface area contributed by atoms with Gasteiger partial charge in [-0.05, 0) is 24.6 Å². The number of carbonyl (C=O) groups is 1. The topological polar surface area (TPSA) is 35.5 Å². The Morgan fingerprint density at radius 1 is 0.929 bits per heavy atom. The molecule has 0 aliphatic rings. The number of halogens is 9. The van der Waals surface area contributed by atoms with Crippen LogP contribution in [0.5, 0.6) is 0 Å². The second kappa shape index (κ2) is 7.45. The number of esters is 1. The van der Waals surface area contributed by atoms with E-state index in [1.165, 1.54) is 6.07 Å². The van der Waals surface area contributed by atoms with Crippen LogP contribution < -0.4 is 0 Å². The number of hydrogen-bond acceptors (Lipinski definition) is 3. The molecule has 0 amide bonds. The number of carbonyl (C=O) groups excluding carboxylic acids is 1. The zero-order valence-corrected chi connectivity index (χ0v) is 14.6. The van der Waals surface area contributed by atoms with E-state index in [2.05, 4.69) is 4.74 Å². The fourth-order valence-corrected chi connectivity index (χ4v) is 2.33. The first-order chi connectivity index (χ1) is 12.5. The van der Waals surface area contributed by atoms with Crippen LogP contribution in [-0.2, 0) is 15.1 Å². The Kier molecular flexibility index (Phi) is 6.40. The molecule has 0 spiro atoms. The summed E-state index contributed by atoms with van der Waals surface area (Å²) in [6.07, 6.45) is -9.14. The van der Waals surface area contributed by atoms with Crippen LogP contribution in [0.1, 0.15) is 29.3 Å². The predicted octanol–water partition coefficient (Wildman–Crippen LogP) is 5.19. The van der Waals surface area contributed by atoms with Crippen molar-refractivity contribution in [2.75, 3.05) is 14.2 Å². The van der Waals surface area contributed by atoms with Gasteiger partial charge in [0.2, 0.25) is 0 Å². The molecule has 0 aliphatic heterocycles. The van der Waals surface area contributed by atoms with Crippen LogP contribution in [0.4, 0.5) is 39.5 Å². The molecule has 160 valence electrons. The summed E-state index contributed by atoms with van der Waals surface area (Å²) in [4.78, 5) is 11.5. The standard InChI is InChI=1S/C16H15F9O3/c1-12(28-3,10-6-4-5-9(7-10)11(26)27-2)8-13(17,18)14(19,20)15(21,22)16(23,24)25/h4-7H,8H2,1-3H3. The molecule has 3 nitrogen and oxygen atoms in total. The number of alkyl halides is 9. The first-order valence-corrected chi connectivity index (χ1v) is 7.41. The van der Waals surface area contributed by atoms with E-state index in [1.807, 2.05) is 0 Å². The lowest BCUT2D eigenvalue weighted by atomic mass is 9.85. The normalized spacial score (nSPS) is 15.9. The molecule has 0 aliphatic carbocycles. The molecule has 0 heterocycles. The van der Waals surface area contributed by atoms with E-state index in [9.17, 15) is 44.3 Å². The Hall–Kier alpha value is -1.98. The molecule has 1 unspecified atom stereocenters. The quantitative estimate of drug-likeness (QED) is 0.445. The third-order valence-corrected chi connectivity index (χ3v) is 4.11. The van der Waals surface area contributed by atoms with Gasteiger partial charge < -0.3 is 9.47 Å². The van der Waals surface area contributed by atoms with Crippen LogP contribution in [0.15, 0.2) is 24.3 Å². The molecule has 0 N–H and O–H groups in total. The van der Waals surface area contributed by atoms with Crippen molar-refractivity contribution in [2.24, 2.45) is 0 Å². The molecule has 0 bridgehead atoms. The van der Waals surface area contributed by atoms with Gasteiger partial charge in [0.1, 0.15) is 0 Å². The Labute approximate surface area is 153 Å². The lowest BCUT2D eigenvalue weighted by molar-refractivity contribution is -0.400. The summed E-state index contributed by atoms with van der Waals surface area (Å²) in [6.45, 7) is 0.777. The Balaban J connectivity index is 3.39. The van der Waals surface area contributed by atoms with Crippen molar-refractivity contribution in [2.45, 2.75) is 42.9 Å². The van der Waals surface area contributed by atoms with Gasteiger partial charge in [-0.3, -0.25) is 0 Å². The van der Waals surface area contributed by atoms with Crippen molar-refractivity contribution in [3.05, 3.63) is 35.4 Å². The van der Waals surface area contributed by atoms with Crippen molar-refractivity contribution in [3.8, 4) is 0 Å². The maximum absolute atomic E-state index is 14.0. The maximum Gasteiger partial charge on any atom is 0.460 e. The van der Waals surface area contributed by atoms with E-state index in [1.54, 1.807) is 0 Å². The van der Waals surface area contributed by atoms with Gasteiger partial charge in [-0.15, -0.1) is 0 Å². The molecule has 12 heteroatoms. The van der Waals surface area contributed by atoms with Crippen LogP contribution >= 0.6 is 0 Å². The van der Waals surface area contributed by atoms with Gasteiger partial charge in [0.15, 0.2) is 0 Å². The summed E-state index contributed by atoms with van der Waals surface area (Å²) >= 11 is 0. The minimum atomic E-state index is -6.99. The summed E-state index contributed by atoms with van der Waals surface area (Å²) in [7, 11) is 1.76. The van der Waals surface area contributed by atoms with Gasteiger partial charge in [0.25, 0.3) is 0 Å². The Morgan fingerprint density at radius 2 is 1.46 bits per heavy atom. The molecule has 0 radical (unpaired) electrons. The number of benzene rings is 1. The summed E-state index contributed by atoms with van der Waals surface area (Å²) in [5, 5.41) is 0. The van der Waals surface area contributed by atoms with Gasteiger partial charge in [-0.25, -0.2) is 4.79 Å². The third kappa shape index (κ3) is 4.06. The monoisotopic (exact) mass is 426 g/mol. The molecule has 28 heavy (non-hydrogen) atoms. The highest BCUT2D eigenvalue weighted by Gasteiger charge is 2.82. The fraction of sp³-hybridized carbons (Fsp3) is 0.562. The summed E-state index contributed by atoms with van der Waals surface area (Å²) in [5.41, 5.74) is -3.00.